The van der Waals surface area contributed by atoms with Gasteiger partial charge >= 0.3 is 19.8 Å². The van der Waals surface area contributed by atoms with Crippen LogP contribution in [0.3, 0.4) is 0 Å². The van der Waals surface area contributed by atoms with Crippen molar-refractivity contribution in [3.63, 3.8) is 0 Å². The lowest BCUT2D eigenvalue weighted by atomic mass is 9.93. The summed E-state index contributed by atoms with van der Waals surface area (Å²) in [4.78, 5) is 42.2. The molecule has 1 amide bonds. The zero-order chi connectivity index (χ0) is 57.9. The summed E-state index contributed by atoms with van der Waals surface area (Å²) in [5.41, 5.74) is 0.816. The number of phosphoric ester groups is 1. The number of benzene rings is 3. The zero-order valence-corrected chi connectivity index (χ0v) is 51.1. The van der Waals surface area contributed by atoms with Crippen LogP contribution in [0.4, 0.5) is 0 Å². The molecule has 0 radical (unpaired) electrons. The molecule has 0 saturated carbocycles. The van der Waals surface area contributed by atoms with Gasteiger partial charge in [-0.1, -0.05) is 274 Å². The van der Waals surface area contributed by atoms with Crippen LogP contribution >= 0.6 is 7.82 Å². The number of unbranched alkanes of at least 4 members (excludes halogenated alkanes) is 26. The molecule has 1 fully saturated rings. The van der Waals surface area contributed by atoms with Crippen molar-refractivity contribution in [1.29, 1.82) is 0 Å². The molecular weight excluding hydrogens is 1040 g/mol. The van der Waals surface area contributed by atoms with Gasteiger partial charge in [0, 0.05) is 0 Å². The highest BCUT2D eigenvalue weighted by molar-refractivity contribution is 7.49. The highest BCUT2D eigenvalue weighted by Gasteiger charge is 2.50. The van der Waals surface area contributed by atoms with E-state index < -0.39 is 68.7 Å². The van der Waals surface area contributed by atoms with Crippen molar-refractivity contribution in [2.24, 2.45) is 5.92 Å². The fourth-order valence-corrected chi connectivity index (χ4v) is 11.9. The number of rotatable bonds is 49. The van der Waals surface area contributed by atoms with Crippen LogP contribution in [0.15, 0.2) is 91.0 Å². The van der Waals surface area contributed by atoms with Crippen LogP contribution in [0, 0.1) is 5.92 Å². The Labute approximate surface area is 489 Å². The summed E-state index contributed by atoms with van der Waals surface area (Å²) in [5, 5.41) is 14.2. The fraction of sp³-hybridized carbons (Fsp3) is 0.687. The summed E-state index contributed by atoms with van der Waals surface area (Å²) in [6.07, 6.45) is 30.4. The minimum atomic E-state index is -4.73. The number of phosphoric acid groups is 1. The van der Waals surface area contributed by atoms with Crippen molar-refractivity contribution < 1.29 is 56.6 Å². The molecule has 0 aliphatic carbocycles. The second-order valence-corrected chi connectivity index (χ2v) is 24.0. The van der Waals surface area contributed by atoms with E-state index in [1.807, 2.05) is 30.3 Å². The summed E-state index contributed by atoms with van der Waals surface area (Å²) < 4.78 is 58.9. The van der Waals surface area contributed by atoms with E-state index in [9.17, 15) is 14.7 Å². The number of aliphatic hydroxyl groups excluding tert-OH is 1. The number of carbonyl (C=O) groups excluding carboxylic acids is 3. The molecule has 1 aliphatic heterocycles. The standard InChI is InChI=1S/C67H106NO12P/c1-4-7-10-13-16-19-22-24-27-35-44-57(45-36-28-25-23-20-17-14-11-8-5-2)67(72)77-65-61(68-63(70)51-58(69)46-37-29-26-21-18-15-12-9-6-3)53-75-62(54-74-55-64(71)76-52-56-42-33-30-34-43-56)66(65)80-81(73,78-59-47-38-31-39-48-59)79-60-49-40-32-41-50-60/h30-34,38-43,47-50,57-58,61-62,65-66,69H,4-29,35-37,44-46,51-55H2,1-3H3,(H,68,70)/t58-,61+,62-,65-,66-/m1/s1. The van der Waals surface area contributed by atoms with Crippen LogP contribution in [0.2, 0.25) is 0 Å². The molecule has 13 nitrogen and oxygen atoms in total. The summed E-state index contributed by atoms with van der Waals surface area (Å²) in [7, 11) is -4.73. The lowest BCUT2D eigenvalue weighted by molar-refractivity contribution is -0.194. The molecular formula is C67H106NO12P. The number of ether oxygens (including phenoxy) is 4. The van der Waals surface area contributed by atoms with Crippen LogP contribution < -0.4 is 14.4 Å². The quantitative estimate of drug-likeness (QED) is 0.0313. The van der Waals surface area contributed by atoms with Crippen molar-refractivity contribution in [3.8, 4) is 11.5 Å². The zero-order valence-electron chi connectivity index (χ0n) is 50.2. The van der Waals surface area contributed by atoms with Crippen molar-refractivity contribution in [2.45, 2.75) is 270 Å². The van der Waals surface area contributed by atoms with E-state index in [1.54, 1.807) is 60.7 Å². The van der Waals surface area contributed by atoms with Gasteiger partial charge in [0.2, 0.25) is 5.91 Å². The van der Waals surface area contributed by atoms with Gasteiger partial charge in [-0.2, -0.15) is 0 Å². The monoisotopic (exact) mass is 1150 g/mol. The minimum absolute atomic E-state index is 0.0538. The van der Waals surface area contributed by atoms with Gasteiger partial charge in [0.25, 0.3) is 0 Å². The first-order valence-corrected chi connectivity index (χ1v) is 33.4. The third-order valence-electron chi connectivity index (χ3n) is 15.3. The maximum atomic E-state index is 15.4. The molecule has 3 aromatic carbocycles. The molecule has 0 aromatic heterocycles. The van der Waals surface area contributed by atoms with Crippen LogP contribution in [0.1, 0.15) is 238 Å². The minimum Gasteiger partial charge on any atom is -0.459 e. The predicted octanol–water partition coefficient (Wildman–Crippen LogP) is 17.1. The van der Waals surface area contributed by atoms with Crippen LogP contribution in [-0.4, -0.2) is 73.2 Å². The largest absolute Gasteiger partial charge is 0.588 e. The van der Waals surface area contributed by atoms with Crippen molar-refractivity contribution in [1.82, 2.24) is 5.32 Å². The Morgan fingerprint density at radius 1 is 0.568 bits per heavy atom. The van der Waals surface area contributed by atoms with E-state index in [0.717, 1.165) is 69.8 Å². The summed E-state index contributed by atoms with van der Waals surface area (Å²) in [6.45, 7) is 5.87. The van der Waals surface area contributed by atoms with Gasteiger partial charge in [-0.05, 0) is 49.1 Å². The van der Waals surface area contributed by atoms with Gasteiger partial charge < -0.3 is 38.4 Å². The normalized spacial score (nSPS) is 16.7. The van der Waals surface area contributed by atoms with Gasteiger partial charge in [-0.15, -0.1) is 0 Å². The molecule has 0 spiro atoms. The first-order valence-electron chi connectivity index (χ1n) is 32.0. The Morgan fingerprint density at radius 2 is 0.988 bits per heavy atom. The summed E-state index contributed by atoms with van der Waals surface area (Å²) in [5.74, 6) is -1.59. The fourth-order valence-electron chi connectivity index (χ4n) is 10.5. The average Bonchev–Trinajstić information content (AvgIpc) is 3.61. The number of hydrogen-bond donors (Lipinski definition) is 2. The van der Waals surface area contributed by atoms with Crippen LogP contribution in [0.25, 0.3) is 0 Å². The van der Waals surface area contributed by atoms with Crippen LogP contribution in [-0.2, 0) is 49.0 Å². The molecule has 0 bridgehead atoms. The number of amides is 1. The first kappa shape index (κ1) is 69.2. The van der Waals surface area contributed by atoms with Gasteiger partial charge in [0.15, 0.2) is 6.10 Å². The summed E-state index contributed by atoms with van der Waals surface area (Å²) in [6, 6.07) is 25.3. The Kier molecular flexibility index (Phi) is 37.9. The van der Waals surface area contributed by atoms with Gasteiger partial charge in [0.1, 0.15) is 36.9 Å². The van der Waals surface area contributed by atoms with E-state index in [4.69, 9.17) is 32.5 Å². The molecule has 1 heterocycles. The number of aliphatic hydroxyl groups is 1. The Morgan fingerprint density at radius 3 is 1.44 bits per heavy atom. The Hall–Kier alpha value is -4.26. The van der Waals surface area contributed by atoms with Crippen molar-refractivity contribution >= 4 is 25.7 Å². The Bertz CT molecular complexity index is 2010. The van der Waals surface area contributed by atoms with E-state index in [2.05, 4.69) is 26.1 Å². The number of esters is 2. The van der Waals surface area contributed by atoms with Crippen LogP contribution in [0.5, 0.6) is 11.5 Å². The van der Waals surface area contributed by atoms with E-state index in [0.29, 0.717) is 19.3 Å². The highest BCUT2D eigenvalue weighted by atomic mass is 31.2. The molecule has 3 aromatic rings. The smallest absolute Gasteiger partial charge is 0.459 e. The molecule has 1 aliphatic rings. The summed E-state index contributed by atoms with van der Waals surface area (Å²) >= 11 is 0. The lowest BCUT2D eigenvalue weighted by Crippen LogP contribution is -2.62. The molecule has 14 heteroatoms. The molecule has 456 valence electrons. The number of hydrogen-bond acceptors (Lipinski definition) is 12. The SMILES string of the molecule is CCCCCCCCCCCCC(CCCCCCCCCCCC)C(=O)O[C@H]1[C@H](OP(=O)(Oc2ccccc2)Oc2ccccc2)[C@@H](COCC(=O)OCc2ccccc2)OC[C@@H]1NC(=O)C[C@H](O)CCCCCCCCCCC. The third kappa shape index (κ3) is 31.8. The van der Waals surface area contributed by atoms with Gasteiger partial charge in [0.05, 0.1) is 37.7 Å². The molecule has 81 heavy (non-hydrogen) atoms. The second kappa shape index (κ2) is 44.3. The Balaban J connectivity index is 1.61. The average molecular weight is 1150 g/mol. The predicted molar refractivity (Wildman–Crippen MR) is 324 cm³/mol. The number of carbonyl (C=O) groups is 3. The first-order chi connectivity index (χ1) is 39.6. The van der Waals surface area contributed by atoms with Gasteiger partial charge in [-0.25, -0.2) is 9.36 Å². The maximum absolute atomic E-state index is 15.4. The molecule has 5 atom stereocenters. The van der Waals surface area contributed by atoms with Crippen molar-refractivity contribution in [3.05, 3.63) is 96.6 Å². The maximum Gasteiger partial charge on any atom is 0.588 e. The molecule has 2 N–H and O–H groups in total. The molecule has 0 unspecified atom stereocenters. The molecule has 4 rings (SSSR count). The van der Waals surface area contributed by atoms with E-state index in [1.165, 1.54) is 122 Å². The molecule has 1 saturated heterocycles. The van der Waals surface area contributed by atoms with Gasteiger partial charge in [-0.3, -0.25) is 14.1 Å². The van der Waals surface area contributed by atoms with Crippen molar-refractivity contribution in [2.75, 3.05) is 19.8 Å². The number of nitrogens with one attached hydrogen (secondary N) is 1. The lowest BCUT2D eigenvalue weighted by Gasteiger charge is -2.42. The topological polar surface area (TPSA) is 165 Å². The van der Waals surface area contributed by atoms with E-state index in [-0.39, 0.29) is 37.7 Å². The third-order valence-corrected chi connectivity index (χ3v) is 16.7. The van der Waals surface area contributed by atoms with E-state index >= 15 is 9.36 Å². The number of para-hydroxylation sites is 2. The second-order valence-electron chi connectivity index (χ2n) is 22.5. The highest BCUT2D eigenvalue weighted by Crippen LogP contribution is 2.52.